The first-order valence-electron chi connectivity index (χ1n) is 5.46. The van der Waals surface area contributed by atoms with Crippen LogP contribution in [0.1, 0.15) is 5.56 Å². The van der Waals surface area contributed by atoms with Gasteiger partial charge in [0.1, 0.15) is 5.82 Å². The molecule has 0 bridgehead atoms. The molecule has 0 aliphatic carbocycles. The fourth-order valence-corrected chi connectivity index (χ4v) is 1.72. The van der Waals surface area contributed by atoms with E-state index in [0.29, 0.717) is 13.1 Å². The lowest BCUT2D eigenvalue weighted by molar-refractivity contribution is -0.137. The van der Waals surface area contributed by atoms with E-state index in [4.69, 9.17) is 0 Å². The van der Waals surface area contributed by atoms with Crippen molar-refractivity contribution in [2.45, 2.75) is 6.18 Å². The van der Waals surface area contributed by atoms with E-state index in [1.807, 2.05) is 5.32 Å². The SMILES string of the molecule is O=C(Nc1c(F)cccc1C(F)(F)F)N1CC=CC1. The van der Waals surface area contributed by atoms with Gasteiger partial charge >= 0.3 is 12.2 Å². The summed E-state index contributed by atoms with van der Waals surface area (Å²) in [5.41, 5.74) is -2.04. The maximum absolute atomic E-state index is 13.5. The van der Waals surface area contributed by atoms with Gasteiger partial charge in [0, 0.05) is 13.1 Å². The van der Waals surface area contributed by atoms with Gasteiger partial charge in [-0.1, -0.05) is 18.2 Å². The third-order valence-electron chi connectivity index (χ3n) is 2.66. The van der Waals surface area contributed by atoms with Crippen LogP contribution in [-0.2, 0) is 6.18 Å². The van der Waals surface area contributed by atoms with E-state index in [2.05, 4.69) is 0 Å². The fraction of sp³-hybridized carbons (Fsp3) is 0.250. The summed E-state index contributed by atoms with van der Waals surface area (Å²) in [6.07, 6.45) is -1.33. The molecule has 0 radical (unpaired) electrons. The molecule has 1 heterocycles. The first-order chi connectivity index (χ1) is 8.89. The van der Waals surface area contributed by atoms with Crippen molar-refractivity contribution in [2.75, 3.05) is 18.4 Å². The monoisotopic (exact) mass is 274 g/mol. The lowest BCUT2D eigenvalue weighted by Gasteiger charge is -2.19. The summed E-state index contributed by atoms with van der Waals surface area (Å²) in [5, 5.41) is 1.98. The minimum Gasteiger partial charge on any atom is -0.317 e. The van der Waals surface area contributed by atoms with Gasteiger partial charge in [-0.2, -0.15) is 13.2 Å². The van der Waals surface area contributed by atoms with E-state index in [9.17, 15) is 22.4 Å². The molecule has 0 saturated heterocycles. The van der Waals surface area contributed by atoms with Crippen molar-refractivity contribution in [3.8, 4) is 0 Å². The van der Waals surface area contributed by atoms with Gasteiger partial charge in [-0.3, -0.25) is 0 Å². The van der Waals surface area contributed by atoms with Crippen molar-refractivity contribution in [2.24, 2.45) is 0 Å². The van der Waals surface area contributed by atoms with Crippen molar-refractivity contribution >= 4 is 11.7 Å². The van der Waals surface area contributed by atoms with Crippen molar-refractivity contribution in [1.82, 2.24) is 4.90 Å². The molecule has 1 aliphatic heterocycles. The van der Waals surface area contributed by atoms with Gasteiger partial charge in [0.2, 0.25) is 0 Å². The second-order valence-corrected chi connectivity index (χ2v) is 3.97. The van der Waals surface area contributed by atoms with Gasteiger partial charge in [-0.25, -0.2) is 9.18 Å². The molecule has 0 atom stereocenters. The molecule has 1 aromatic carbocycles. The topological polar surface area (TPSA) is 32.3 Å². The van der Waals surface area contributed by atoms with E-state index in [1.165, 1.54) is 4.90 Å². The number of alkyl halides is 3. The number of benzene rings is 1. The number of nitrogens with zero attached hydrogens (tertiary/aromatic N) is 1. The predicted octanol–water partition coefficient (Wildman–Crippen LogP) is 3.25. The summed E-state index contributed by atoms with van der Waals surface area (Å²) in [4.78, 5) is 12.9. The number of rotatable bonds is 1. The van der Waals surface area contributed by atoms with Gasteiger partial charge in [-0.05, 0) is 12.1 Å². The molecule has 0 aromatic heterocycles. The van der Waals surface area contributed by atoms with Crippen molar-refractivity contribution in [3.05, 3.63) is 41.7 Å². The Balaban J connectivity index is 2.26. The summed E-state index contributed by atoms with van der Waals surface area (Å²) in [6.45, 7) is 0.587. The van der Waals surface area contributed by atoms with Crippen LogP contribution in [0.3, 0.4) is 0 Å². The van der Waals surface area contributed by atoms with Crippen LogP contribution in [0.2, 0.25) is 0 Å². The van der Waals surface area contributed by atoms with Crippen LogP contribution in [0.4, 0.5) is 28.0 Å². The van der Waals surface area contributed by atoms with Crippen LogP contribution in [0.5, 0.6) is 0 Å². The molecule has 0 spiro atoms. The second-order valence-electron chi connectivity index (χ2n) is 3.97. The lowest BCUT2D eigenvalue weighted by atomic mass is 10.1. The van der Waals surface area contributed by atoms with E-state index >= 15 is 0 Å². The number of para-hydroxylation sites is 1. The summed E-state index contributed by atoms with van der Waals surface area (Å²) in [6, 6.07) is 1.78. The highest BCUT2D eigenvalue weighted by molar-refractivity contribution is 5.90. The quantitative estimate of drug-likeness (QED) is 0.618. The molecular formula is C12H10F4N2O. The molecule has 0 unspecified atom stereocenters. The van der Waals surface area contributed by atoms with Gasteiger partial charge in [0.05, 0.1) is 11.3 Å². The van der Waals surface area contributed by atoms with Crippen LogP contribution < -0.4 is 5.32 Å². The van der Waals surface area contributed by atoms with Gasteiger partial charge in [0.25, 0.3) is 0 Å². The Kier molecular flexibility index (Phi) is 3.46. The normalized spacial score (nSPS) is 14.8. The lowest BCUT2D eigenvalue weighted by Crippen LogP contribution is -2.33. The highest BCUT2D eigenvalue weighted by atomic mass is 19.4. The molecule has 1 N–H and O–H groups in total. The third kappa shape index (κ3) is 2.86. The maximum atomic E-state index is 13.5. The van der Waals surface area contributed by atoms with E-state index in [0.717, 1.165) is 18.2 Å². The fourth-order valence-electron chi connectivity index (χ4n) is 1.72. The molecule has 7 heteroatoms. The summed E-state index contributed by atoms with van der Waals surface area (Å²) in [7, 11) is 0. The highest BCUT2D eigenvalue weighted by Gasteiger charge is 2.35. The average Bonchev–Trinajstić information content (AvgIpc) is 2.83. The minimum atomic E-state index is -4.73. The summed E-state index contributed by atoms with van der Waals surface area (Å²) >= 11 is 0. The van der Waals surface area contributed by atoms with Crippen LogP contribution in [0.15, 0.2) is 30.4 Å². The molecular weight excluding hydrogens is 264 g/mol. The number of hydrogen-bond acceptors (Lipinski definition) is 1. The van der Waals surface area contributed by atoms with Gasteiger partial charge < -0.3 is 10.2 Å². The number of carbonyl (C=O) groups is 1. The van der Waals surface area contributed by atoms with Crippen LogP contribution >= 0.6 is 0 Å². The first kappa shape index (κ1) is 13.4. The number of halogens is 4. The Morgan fingerprint density at radius 1 is 1.21 bits per heavy atom. The Morgan fingerprint density at radius 3 is 2.42 bits per heavy atom. The van der Waals surface area contributed by atoms with Crippen molar-refractivity contribution in [1.29, 1.82) is 0 Å². The number of hydrogen-bond donors (Lipinski definition) is 1. The summed E-state index contributed by atoms with van der Waals surface area (Å²) < 4.78 is 51.6. The average molecular weight is 274 g/mol. The Hall–Kier alpha value is -2.05. The maximum Gasteiger partial charge on any atom is 0.418 e. The van der Waals surface area contributed by atoms with Crippen molar-refractivity contribution in [3.63, 3.8) is 0 Å². The molecule has 3 nitrogen and oxygen atoms in total. The number of carbonyl (C=O) groups excluding carboxylic acids is 1. The molecule has 2 rings (SSSR count). The Labute approximate surface area is 106 Å². The van der Waals surface area contributed by atoms with E-state index in [-0.39, 0.29) is 0 Å². The molecule has 0 fully saturated rings. The Morgan fingerprint density at radius 2 is 1.84 bits per heavy atom. The predicted molar refractivity (Wildman–Crippen MR) is 61.1 cm³/mol. The minimum absolute atomic E-state index is 0.293. The highest BCUT2D eigenvalue weighted by Crippen LogP contribution is 2.36. The molecule has 0 saturated carbocycles. The van der Waals surface area contributed by atoms with Crippen LogP contribution in [0.25, 0.3) is 0 Å². The van der Waals surface area contributed by atoms with E-state index < -0.39 is 29.3 Å². The van der Waals surface area contributed by atoms with Gasteiger partial charge in [-0.15, -0.1) is 0 Å². The zero-order chi connectivity index (χ0) is 14.0. The second kappa shape index (κ2) is 4.91. The smallest absolute Gasteiger partial charge is 0.317 e. The van der Waals surface area contributed by atoms with E-state index in [1.54, 1.807) is 12.2 Å². The third-order valence-corrected chi connectivity index (χ3v) is 2.66. The number of anilines is 1. The zero-order valence-electron chi connectivity index (χ0n) is 9.67. The molecule has 1 aromatic rings. The number of urea groups is 1. The number of nitrogens with one attached hydrogen (secondary N) is 1. The van der Waals surface area contributed by atoms with Crippen LogP contribution in [-0.4, -0.2) is 24.0 Å². The van der Waals surface area contributed by atoms with Gasteiger partial charge in [0.15, 0.2) is 0 Å². The molecule has 2 amide bonds. The Bertz CT molecular complexity index is 517. The van der Waals surface area contributed by atoms with Crippen LogP contribution in [0, 0.1) is 5.82 Å². The number of amides is 2. The molecule has 19 heavy (non-hydrogen) atoms. The largest absolute Gasteiger partial charge is 0.418 e. The van der Waals surface area contributed by atoms with Crippen molar-refractivity contribution < 1.29 is 22.4 Å². The summed E-state index contributed by atoms with van der Waals surface area (Å²) in [5.74, 6) is -1.12. The standard InChI is InChI=1S/C12H10F4N2O/c13-9-5-3-4-8(12(14,15)16)10(9)17-11(19)18-6-1-2-7-18/h1-5H,6-7H2,(H,17,19). The zero-order valence-corrected chi connectivity index (χ0v) is 9.67. The molecule has 1 aliphatic rings. The molecule has 102 valence electrons. The first-order valence-corrected chi connectivity index (χ1v) is 5.46.